The summed E-state index contributed by atoms with van der Waals surface area (Å²) in [6.07, 6.45) is 0. The molecule has 0 atom stereocenters. The monoisotopic (exact) mass is 373 g/mol. The van der Waals surface area contributed by atoms with Gasteiger partial charge in [-0.05, 0) is 48.4 Å². The Morgan fingerprint density at radius 3 is 2.62 bits per heavy atom. The van der Waals surface area contributed by atoms with Crippen molar-refractivity contribution in [3.05, 3.63) is 57.8 Å². The molecular weight excluding hydrogens is 361 g/mol. The first-order valence-electron chi connectivity index (χ1n) is 5.97. The zero-order valence-corrected chi connectivity index (χ0v) is 13.5. The third-order valence-corrected chi connectivity index (χ3v) is 4.33. The number of aryl methyl sites for hydroxylation is 1. The number of rotatable bonds is 4. The standard InChI is InChI=1S/C14H13BrFNO3S/c1-9-2-4-12(16)6-10(9)8-20-13-5-3-11(15)7-14(13)21(17,18)19/h2-7H,8H2,1H3,(H2,17,18,19). The Balaban J connectivity index is 2.30. The van der Waals surface area contributed by atoms with Gasteiger partial charge in [0.1, 0.15) is 23.1 Å². The topological polar surface area (TPSA) is 69.4 Å². The van der Waals surface area contributed by atoms with Crippen molar-refractivity contribution < 1.29 is 17.5 Å². The van der Waals surface area contributed by atoms with E-state index in [9.17, 15) is 12.8 Å². The summed E-state index contributed by atoms with van der Waals surface area (Å²) in [6.45, 7) is 1.87. The van der Waals surface area contributed by atoms with Crippen LogP contribution in [0.4, 0.5) is 4.39 Å². The van der Waals surface area contributed by atoms with Gasteiger partial charge in [-0.3, -0.25) is 0 Å². The number of hydrogen-bond donors (Lipinski definition) is 1. The number of ether oxygens (including phenoxy) is 1. The van der Waals surface area contributed by atoms with E-state index < -0.39 is 10.0 Å². The average molecular weight is 374 g/mol. The van der Waals surface area contributed by atoms with E-state index in [4.69, 9.17) is 9.88 Å². The second kappa shape index (κ2) is 6.13. The predicted molar refractivity (Wildman–Crippen MR) is 81.0 cm³/mol. The SMILES string of the molecule is Cc1ccc(F)cc1COc1ccc(Br)cc1S(N)(=O)=O. The molecule has 0 saturated heterocycles. The lowest BCUT2D eigenvalue weighted by molar-refractivity contribution is 0.296. The van der Waals surface area contributed by atoms with Gasteiger partial charge < -0.3 is 4.74 Å². The summed E-state index contributed by atoms with van der Waals surface area (Å²) in [7, 11) is -3.91. The van der Waals surface area contributed by atoms with E-state index in [2.05, 4.69) is 15.9 Å². The Kier molecular flexibility index (Phi) is 4.65. The van der Waals surface area contributed by atoms with Gasteiger partial charge in [0, 0.05) is 4.47 Å². The Bertz CT molecular complexity index is 778. The smallest absolute Gasteiger partial charge is 0.241 e. The van der Waals surface area contributed by atoms with Crippen LogP contribution in [0, 0.1) is 12.7 Å². The van der Waals surface area contributed by atoms with E-state index in [1.165, 1.54) is 24.3 Å². The molecule has 0 fully saturated rings. The maximum atomic E-state index is 13.2. The summed E-state index contributed by atoms with van der Waals surface area (Å²) < 4.78 is 42.4. The molecule has 2 aromatic carbocycles. The van der Waals surface area contributed by atoms with Crippen molar-refractivity contribution in [1.82, 2.24) is 0 Å². The van der Waals surface area contributed by atoms with Crippen LogP contribution in [0.2, 0.25) is 0 Å². The van der Waals surface area contributed by atoms with E-state index in [1.54, 1.807) is 12.1 Å². The fraction of sp³-hybridized carbons (Fsp3) is 0.143. The van der Waals surface area contributed by atoms with Crippen LogP contribution in [0.1, 0.15) is 11.1 Å². The van der Waals surface area contributed by atoms with Crippen molar-refractivity contribution in [2.45, 2.75) is 18.4 Å². The largest absolute Gasteiger partial charge is 0.487 e. The van der Waals surface area contributed by atoms with Crippen LogP contribution in [0.5, 0.6) is 5.75 Å². The van der Waals surface area contributed by atoms with Crippen molar-refractivity contribution >= 4 is 26.0 Å². The van der Waals surface area contributed by atoms with E-state index in [0.717, 1.165) is 5.56 Å². The quantitative estimate of drug-likeness (QED) is 0.894. The predicted octanol–water partition coefficient (Wildman–Crippen LogP) is 3.12. The maximum Gasteiger partial charge on any atom is 0.241 e. The molecule has 0 heterocycles. The zero-order chi connectivity index (χ0) is 15.6. The second-order valence-corrected chi connectivity index (χ2v) is 6.94. The van der Waals surface area contributed by atoms with Gasteiger partial charge in [0.25, 0.3) is 0 Å². The van der Waals surface area contributed by atoms with Crippen LogP contribution in [-0.4, -0.2) is 8.42 Å². The highest BCUT2D eigenvalue weighted by atomic mass is 79.9. The van der Waals surface area contributed by atoms with E-state index >= 15 is 0 Å². The lowest BCUT2D eigenvalue weighted by atomic mass is 10.1. The molecule has 2 rings (SSSR count). The van der Waals surface area contributed by atoms with Gasteiger partial charge in [0.2, 0.25) is 10.0 Å². The number of primary sulfonamides is 1. The van der Waals surface area contributed by atoms with Crippen molar-refractivity contribution in [2.75, 3.05) is 0 Å². The first kappa shape index (κ1) is 15.9. The van der Waals surface area contributed by atoms with E-state index in [-0.39, 0.29) is 23.1 Å². The Labute approximate surface area is 130 Å². The first-order chi connectivity index (χ1) is 9.77. The lowest BCUT2D eigenvalue weighted by Gasteiger charge is -2.12. The molecule has 21 heavy (non-hydrogen) atoms. The van der Waals surface area contributed by atoms with Crippen molar-refractivity contribution in [3.63, 3.8) is 0 Å². The average Bonchev–Trinajstić information content (AvgIpc) is 2.40. The molecule has 112 valence electrons. The molecule has 0 spiro atoms. The van der Waals surface area contributed by atoms with Crippen LogP contribution in [0.15, 0.2) is 45.8 Å². The number of sulfonamides is 1. The molecule has 4 nitrogen and oxygen atoms in total. The van der Waals surface area contributed by atoms with Crippen molar-refractivity contribution in [3.8, 4) is 5.75 Å². The molecule has 7 heteroatoms. The third-order valence-electron chi connectivity index (χ3n) is 2.91. The van der Waals surface area contributed by atoms with Crippen LogP contribution >= 0.6 is 15.9 Å². The molecule has 2 aromatic rings. The van der Waals surface area contributed by atoms with Crippen LogP contribution in [0.25, 0.3) is 0 Å². The molecule has 0 aliphatic heterocycles. The maximum absolute atomic E-state index is 13.2. The molecule has 0 saturated carbocycles. The van der Waals surface area contributed by atoms with Gasteiger partial charge in [0.05, 0.1) is 0 Å². The number of halogens is 2. The highest BCUT2D eigenvalue weighted by molar-refractivity contribution is 9.10. The third kappa shape index (κ3) is 4.03. The molecule has 2 N–H and O–H groups in total. The molecular formula is C14H13BrFNO3S. The van der Waals surface area contributed by atoms with Gasteiger partial charge in [-0.25, -0.2) is 17.9 Å². The molecule has 0 bridgehead atoms. The summed E-state index contributed by atoms with van der Waals surface area (Å²) in [6, 6.07) is 8.85. The summed E-state index contributed by atoms with van der Waals surface area (Å²) in [4.78, 5) is -0.120. The summed E-state index contributed by atoms with van der Waals surface area (Å²) in [5.74, 6) is -0.244. The molecule has 0 amide bonds. The Morgan fingerprint density at radius 2 is 1.95 bits per heavy atom. The molecule has 0 aliphatic carbocycles. The molecule has 0 aromatic heterocycles. The summed E-state index contributed by atoms with van der Waals surface area (Å²) in [5, 5.41) is 5.16. The summed E-state index contributed by atoms with van der Waals surface area (Å²) in [5.41, 5.74) is 1.49. The van der Waals surface area contributed by atoms with Crippen LogP contribution < -0.4 is 9.88 Å². The minimum Gasteiger partial charge on any atom is -0.487 e. The van der Waals surface area contributed by atoms with Gasteiger partial charge in [0.15, 0.2) is 0 Å². The highest BCUT2D eigenvalue weighted by Crippen LogP contribution is 2.27. The van der Waals surface area contributed by atoms with Crippen molar-refractivity contribution in [1.29, 1.82) is 0 Å². The van der Waals surface area contributed by atoms with Gasteiger partial charge >= 0.3 is 0 Å². The minimum absolute atomic E-state index is 0.0494. The fourth-order valence-electron chi connectivity index (χ4n) is 1.77. The van der Waals surface area contributed by atoms with Crippen molar-refractivity contribution in [2.24, 2.45) is 5.14 Å². The van der Waals surface area contributed by atoms with E-state index in [0.29, 0.717) is 10.0 Å². The molecule has 0 unspecified atom stereocenters. The van der Waals surface area contributed by atoms with Gasteiger partial charge in [-0.15, -0.1) is 0 Å². The zero-order valence-electron chi connectivity index (χ0n) is 11.1. The number of hydrogen-bond acceptors (Lipinski definition) is 3. The molecule has 0 aliphatic rings. The molecule has 0 radical (unpaired) electrons. The van der Waals surface area contributed by atoms with Gasteiger partial charge in [-0.1, -0.05) is 22.0 Å². The fourth-order valence-corrected chi connectivity index (χ4v) is 2.99. The number of nitrogens with two attached hydrogens (primary N) is 1. The first-order valence-corrected chi connectivity index (χ1v) is 8.31. The Morgan fingerprint density at radius 1 is 1.24 bits per heavy atom. The summed E-state index contributed by atoms with van der Waals surface area (Å²) >= 11 is 3.18. The highest BCUT2D eigenvalue weighted by Gasteiger charge is 2.16. The van der Waals surface area contributed by atoms with Gasteiger partial charge in [-0.2, -0.15) is 0 Å². The lowest BCUT2D eigenvalue weighted by Crippen LogP contribution is -2.14. The second-order valence-electron chi connectivity index (χ2n) is 4.50. The number of benzene rings is 2. The van der Waals surface area contributed by atoms with Crippen LogP contribution in [0.3, 0.4) is 0 Å². The van der Waals surface area contributed by atoms with E-state index in [1.807, 2.05) is 6.92 Å². The Hall–Kier alpha value is -1.44. The minimum atomic E-state index is -3.91. The normalized spacial score (nSPS) is 11.4. The van der Waals surface area contributed by atoms with Crippen LogP contribution in [-0.2, 0) is 16.6 Å².